The first-order valence-electron chi connectivity index (χ1n) is 4.83. The molecule has 4 nitrogen and oxygen atoms in total. The van der Waals surface area contributed by atoms with Crippen LogP contribution in [0.1, 0.15) is 17.0 Å². The van der Waals surface area contributed by atoms with Crippen molar-refractivity contribution in [2.75, 3.05) is 13.7 Å². The van der Waals surface area contributed by atoms with Gasteiger partial charge in [-0.15, -0.1) is 0 Å². The Kier molecular flexibility index (Phi) is 2.60. The van der Waals surface area contributed by atoms with Crippen molar-refractivity contribution in [2.45, 2.75) is 12.5 Å². The molecule has 0 aromatic heterocycles. The van der Waals surface area contributed by atoms with Gasteiger partial charge in [-0.25, -0.2) is 0 Å². The zero-order chi connectivity index (χ0) is 10.8. The molecular formula is C11H13NO3. The van der Waals surface area contributed by atoms with E-state index in [0.717, 1.165) is 11.1 Å². The van der Waals surface area contributed by atoms with Crippen LogP contribution < -0.4 is 5.32 Å². The van der Waals surface area contributed by atoms with Gasteiger partial charge >= 0.3 is 5.97 Å². The van der Waals surface area contributed by atoms with Gasteiger partial charge in [-0.05, 0) is 11.6 Å². The van der Waals surface area contributed by atoms with Crippen LogP contribution in [0, 0.1) is 0 Å². The molecule has 15 heavy (non-hydrogen) atoms. The molecule has 1 aromatic carbocycles. The largest absolute Gasteiger partial charge is 0.508 e. The average molecular weight is 207 g/mol. The zero-order valence-corrected chi connectivity index (χ0v) is 8.49. The lowest BCUT2D eigenvalue weighted by atomic mass is 9.90. The number of esters is 1. The summed E-state index contributed by atoms with van der Waals surface area (Å²) in [5.41, 5.74) is 1.65. The van der Waals surface area contributed by atoms with Crippen LogP contribution in [0.5, 0.6) is 5.75 Å². The minimum atomic E-state index is -0.314. The van der Waals surface area contributed by atoms with Gasteiger partial charge in [0.25, 0.3) is 0 Å². The molecule has 2 rings (SSSR count). The van der Waals surface area contributed by atoms with Crippen molar-refractivity contribution in [1.82, 2.24) is 5.32 Å². The summed E-state index contributed by atoms with van der Waals surface area (Å²) in [4.78, 5) is 11.5. The number of methoxy groups -OCH3 is 1. The first-order valence-corrected chi connectivity index (χ1v) is 4.83. The molecule has 0 radical (unpaired) electrons. The summed E-state index contributed by atoms with van der Waals surface area (Å²) in [7, 11) is 1.37. The Morgan fingerprint density at radius 1 is 1.60 bits per heavy atom. The Balaban J connectivity index is 2.42. The summed E-state index contributed by atoms with van der Waals surface area (Å²) < 4.78 is 4.73. The van der Waals surface area contributed by atoms with Crippen molar-refractivity contribution in [2.24, 2.45) is 0 Å². The van der Waals surface area contributed by atoms with Crippen LogP contribution in [0.15, 0.2) is 18.2 Å². The van der Waals surface area contributed by atoms with Crippen LogP contribution in [0.25, 0.3) is 0 Å². The smallest absolute Gasteiger partial charge is 0.314 e. The molecule has 0 spiro atoms. The van der Waals surface area contributed by atoms with Gasteiger partial charge in [0.2, 0.25) is 0 Å². The van der Waals surface area contributed by atoms with Crippen molar-refractivity contribution >= 4 is 5.97 Å². The molecule has 0 saturated carbocycles. The van der Waals surface area contributed by atoms with Crippen LogP contribution in [0.2, 0.25) is 0 Å². The lowest BCUT2D eigenvalue weighted by Gasteiger charge is -2.24. The number of aromatic hydroxyl groups is 1. The Morgan fingerprint density at radius 2 is 2.40 bits per heavy atom. The van der Waals surface area contributed by atoms with Crippen LogP contribution >= 0.6 is 0 Å². The molecule has 4 heteroatoms. The number of fused-ring (bicyclic) bond motifs is 1. The van der Waals surface area contributed by atoms with Crippen LogP contribution in [0.3, 0.4) is 0 Å². The number of carbonyl (C=O) groups excluding carboxylic acids is 1. The van der Waals surface area contributed by atoms with Crippen LogP contribution in [0.4, 0.5) is 0 Å². The second-order valence-corrected chi connectivity index (χ2v) is 3.55. The summed E-state index contributed by atoms with van der Waals surface area (Å²) in [5.74, 6) is -0.353. The number of ether oxygens (including phenoxy) is 1. The summed E-state index contributed by atoms with van der Waals surface area (Å²) in [5, 5.41) is 12.7. The number of nitrogens with one attached hydrogen (secondary N) is 1. The van der Waals surface area contributed by atoms with E-state index in [1.165, 1.54) is 7.11 Å². The Labute approximate surface area is 87.9 Å². The second-order valence-electron chi connectivity index (χ2n) is 3.55. The number of hydrogen-bond donors (Lipinski definition) is 2. The molecular weight excluding hydrogens is 194 g/mol. The molecule has 1 aliphatic heterocycles. The highest BCUT2D eigenvalue weighted by molar-refractivity contribution is 5.79. The standard InChI is InChI=1S/C11H13NO3/c1-15-11(14)9-6-12-5-8-7(9)3-2-4-10(8)13/h2-4,9,12-13H,5-6H2,1H3. The molecule has 0 bridgehead atoms. The number of rotatable bonds is 1. The summed E-state index contributed by atoms with van der Waals surface area (Å²) >= 11 is 0. The highest BCUT2D eigenvalue weighted by atomic mass is 16.5. The third-order valence-corrected chi connectivity index (χ3v) is 2.70. The predicted molar refractivity (Wildman–Crippen MR) is 54.6 cm³/mol. The van der Waals surface area contributed by atoms with E-state index in [-0.39, 0.29) is 17.6 Å². The topological polar surface area (TPSA) is 58.6 Å². The van der Waals surface area contributed by atoms with Gasteiger partial charge in [-0.3, -0.25) is 4.79 Å². The van der Waals surface area contributed by atoms with E-state index in [2.05, 4.69) is 5.32 Å². The molecule has 1 atom stereocenters. The predicted octanol–water partition coefficient (Wildman–Crippen LogP) is 0.752. The van der Waals surface area contributed by atoms with E-state index in [1.54, 1.807) is 12.1 Å². The van der Waals surface area contributed by atoms with E-state index >= 15 is 0 Å². The third kappa shape index (κ3) is 1.68. The molecule has 1 aromatic rings. The molecule has 0 aliphatic carbocycles. The van der Waals surface area contributed by atoms with Gasteiger partial charge in [0.1, 0.15) is 5.75 Å². The van der Waals surface area contributed by atoms with Crippen molar-refractivity contribution in [3.05, 3.63) is 29.3 Å². The SMILES string of the molecule is COC(=O)C1CNCc2c(O)cccc21. The fraction of sp³-hybridized carbons (Fsp3) is 0.364. The first-order chi connectivity index (χ1) is 7.24. The van der Waals surface area contributed by atoms with E-state index in [4.69, 9.17) is 4.74 Å². The molecule has 1 heterocycles. The molecule has 2 N–H and O–H groups in total. The monoisotopic (exact) mass is 207 g/mol. The van der Waals surface area contributed by atoms with Crippen molar-refractivity contribution < 1.29 is 14.6 Å². The van der Waals surface area contributed by atoms with Gasteiger partial charge in [0.15, 0.2) is 0 Å². The molecule has 0 fully saturated rings. The number of phenols is 1. The highest BCUT2D eigenvalue weighted by Crippen LogP contribution is 2.30. The van der Waals surface area contributed by atoms with Gasteiger partial charge in [-0.2, -0.15) is 0 Å². The molecule has 1 aliphatic rings. The van der Waals surface area contributed by atoms with E-state index in [0.29, 0.717) is 13.1 Å². The maximum Gasteiger partial charge on any atom is 0.314 e. The molecule has 0 saturated heterocycles. The fourth-order valence-corrected chi connectivity index (χ4v) is 1.92. The van der Waals surface area contributed by atoms with Crippen LogP contribution in [-0.2, 0) is 16.1 Å². The van der Waals surface area contributed by atoms with E-state index in [9.17, 15) is 9.90 Å². The summed E-state index contributed by atoms with van der Waals surface area (Å²) in [6, 6.07) is 5.23. The maximum atomic E-state index is 11.5. The average Bonchev–Trinajstić information content (AvgIpc) is 2.28. The normalized spacial score (nSPS) is 19.4. The molecule has 80 valence electrons. The Bertz CT molecular complexity index is 389. The van der Waals surface area contributed by atoms with Gasteiger partial charge in [0, 0.05) is 18.7 Å². The van der Waals surface area contributed by atoms with E-state index in [1.807, 2.05) is 6.07 Å². The van der Waals surface area contributed by atoms with Gasteiger partial charge in [-0.1, -0.05) is 12.1 Å². The van der Waals surface area contributed by atoms with Gasteiger partial charge < -0.3 is 15.2 Å². The highest BCUT2D eigenvalue weighted by Gasteiger charge is 2.28. The number of phenolic OH excluding ortho intramolecular Hbond substituents is 1. The van der Waals surface area contributed by atoms with Crippen molar-refractivity contribution in [1.29, 1.82) is 0 Å². The fourth-order valence-electron chi connectivity index (χ4n) is 1.92. The maximum absolute atomic E-state index is 11.5. The minimum Gasteiger partial charge on any atom is -0.508 e. The Hall–Kier alpha value is -1.55. The summed E-state index contributed by atoms with van der Waals surface area (Å²) in [6.07, 6.45) is 0. The zero-order valence-electron chi connectivity index (χ0n) is 8.49. The number of benzene rings is 1. The second kappa shape index (κ2) is 3.90. The van der Waals surface area contributed by atoms with Crippen molar-refractivity contribution in [3.63, 3.8) is 0 Å². The van der Waals surface area contributed by atoms with Crippen molar-refractivity contribution in [3.8, 4) is 5.75 Å². The number of hydrogen-bond acceptors (Lipinski definition) is 4. The lowest BCUT2D eigenvalue weighted by molar-refractivity contribution is -0.142. The summed E-state index contributed by atoms with van der Waals surface area (Å²) in [6.45, 7) is 1.15. The lowest BCUT2D eigenvalue weighted by Crippen LogP contribution is -2.33. The molecule has 0 amide bonds. The number of carbonyl (C=O) groups is 1. The van der Waals surface area contributed by atoms with E-state index < -0.39 is 0 Å². The van der Waals surface area contributed by atoms with Gasteiger partial charge in [0.05, 0.1) is 13.0 Å². The molecule has 1 unspecified atom stereocenters. The third-order valence-electron chi connectivity index (χ3n) is 2.70. The quantitative estimate of drug-likeness (QED) is 0.667. The minimum absolute atomic E-state index is 0.230. The first kappa shape index (κ1) is 9.98. The van der Waals surface area contributed by atoms with Crippen LogP contribution in [-0.4, -0.2) is 24.7 Å². The Morgan fingerprint density at radius 3 is 3.13 bits per heavy atom.